The summed E-state index contributed by atoms with van der Waals surface area (Å²) in [5.41, 5.74) is 2.11. The molecule has 1 heterocycles. The highest BCUT2D eigenvalue weighted by atomic mass is 35.5. The minimum atomic E-state index is -0.337. The number of benzene rings is 2. The largest absolute Gasteiger partial charge is 0.421 e. The summed E-state index contributed by atoms with van der Waals surface area (Å²) in [5.74, 6) is 0.127. The molecule has 0 unspecified atom stereocenters. The van der Waals surface area contributed by atoms with Gasteiger partial charge >= 0.3 is 0 Å². The number of hydrogen-bond donors (Lipinski definition) is 1. The molecule has 0 aliphatic heterocycles. The van der Waals surface area contributed by atoms with Crippen LogP contribution in [-0.2, 0) is 11.2 Å². The smallest absolute Gasteiger partial charge is 0.247 e. The third-order valence-electron chi connectivity index (χ3n) is 3.67. The van der Waals surface area contributed by atoms with Gasteiger partial charge in [-0.1, -0.05) is 17.7 Å². The zero-order valence-electron chi connectivity index (χ0n) is 13.4. The first kappa shape index (κ1) is 17.1. The molecule has 1 aromatic heterocycles. The molecule has 3 rings (SSSR count). The summed E-state index contributed by atoms with van der Waals surface area (Å²) in [7, 11) is 0. The molecule has 0 atom stereocenters. The summed E-state index contributed by atoms with van der Waals surface area (Å²) in [6.45, 7) is 1.84. The third-order valence-corrected chi connectivity index (χ3v) is 4.08. The molecular weight excluding hydrogens is 345 g/mol. The molecule has 0 fully saturated rings. The van der Waals surface area contributed by atoms with Crippen LogP contribution in [0.3, 0.4) is 0 Å². The van der Waals surface area contributed by atoms with Crippen LogP contribution in [0.5, 0.6) is 0 Å². The molecule has 1 N–H and O–H groups in total. The number of amides is 1. The topological polar surface area (TPSA) is 68.0 Å². The van der Waals surface area contributed by atoms with Crippen LogP contribution in [-0.4, -0.2) is 16.1 Å². The van der Waals surface area contributed by atoms with E-state index in [1.165, 1.54) is 12.1 Å². The number of hydrogen-bond acceptors (Lipinski definition) is 4. The van der Waals surface area contributed by atoms with Crippen LogP contribution in [0.4, 0.5) is 10.1 Å². The zero-order valence-corrected chi connectivity index (χ0v) is 14.2. The molecule has 0 saturated heterocycles. The number of nitrogens with one attached hydrogen (secondary N) is 1. The van der Waals surface area contributed by atoms with E-state index in [9.17, 15) is 9.18 Å². The number of aryl methyl sites for hydroxylation is 1. The summed E-state index contributed by atoms with van der Waals surface area (Å²) in [6.07, 6.45) is 0.497. The molecule has 0 saturated carbocycles. The maximum Gasteiger partial charge on any atom is 0.247 e. The summed E-state index contributed by atoms with van der Waals surface area (Å²) in [5, 5.41) is 11.2. The van der Waals surface area contributed by atoms with Gasteiger partial charge in [0, 0.05) is 29.1 Å². The molecular formula is C18H15ClFN3O2. The number of rotatable bonds is 5. The summed E-state index contributed by atoms with van der Waals surface area (Å²) >= 11 is 6.03. The predicted molar refractivity (Wildman–Crippen MR) is 92.8 cm³/mol. The van der Waals surface area contributed by atoms with Crippen molar-refractivity contribution >= 4 is 23.2 Å². The lowest BCUT2D eigenvalue weighted by Gasteiger charge is -2.08. The Morgan fingerprint density at radius 3 is 2.72 bits per heavy atom. The molecule has 0 aliphatic carbocycles. The molecule has 7 heteroatoms. The maximum atomic E-state index is 12.9. The molecule has 25 heavy (non-hydrogen) atoms. The van der Waals surface area contributed by atoms with E-state index in [1.807, 2.05) is 6.92 Å². The molecule has 0 aliphatic rings. The van der Waals surface area contributed by atoms with Crippen LogP contribution in [0.1, 0.15) is 17.9 Å². The van der Waals surface area contributed by atoms with Crippen LogP contribution in [0.2, 0.25) is 5.02 Å². The van der Waals surface area contributed by atoms with E-state index in [0.717, 1.165) is 5.56 Å². The monoisotopic (exact) mass is 359 g/mol. The number of halogens is 2. The Bertz CT molecular complexity index is 894. The van der Waals surface area contributed by atoms with Gasteiger partial charge in [0.05, 0.1) is 0 Å². The molecule has 128 valence electrons. The standard InChI is InChI=1S/C18H15ClFN3O2/c1-11-14(19)3-2-4-15(11)21-16(24)9-10-17-22-23-18(25-17)12-5-7-13(20)8-6-12/h2-8H,9-10H2,1H3,(H,21,24). The first-order chi connectivity index (χ1) is 12.0. The predicted octanol–water partition coefficient (Wildman–Crippen LogP) is 4.41. The van der Waals surface area contributed by atoms with Crippen molar-refractivity contribution in [3.8, 4) is 11.5 Å². The Morgan fingerprint density at radius 2 is 1.96 bits per heavy atom. The molecule has 3 aromatic rings. The first-order valence-corrected chi connectivity index (χ1v) is 8.04. The lowest BCUT2D eigenvalue weighted by Crippen LogP contribution is -2.13. The first-order valence-electron chi connectivity index (χ1n) is 7.66. The highest BCUT2D eigenvalue weighted by Gasteiger charge is 2.12. The van der Waals surface area contributed by atoms with E-state index in [2.05, 4.69) is 15.5 Å². The molecule has 0 bridgehead atoms. The quantitative estimate of drug-likeness (QED) is 0.732. The van der Waals surface area contributed by atoms with Crippen LogP contribution < -0.4 is 5.32 Å². The van der Waals surface area contributed by atoms with Gasteiger partial charge in [0.25, 0.3) is 0 Å². The number of aromatic nitrogens is 2. The zero-order chi connectivity index (χ0) is 17.8. The normalized spacial score (nSPS) is 10.7. The van der Waals surface area contributed by atoms with Gasteiger partial charge < -0.3 is 9.73 Å². The number of carbonyl (C=O) groups is 1. The van der Waals surface area contributed by atoms with Gasteiger partial charge in [-0.2, -0.15) is 0 Å². The molecule has 2 aromatic carbocycles. The lowest BCUT2D eigenvalue weighted by molar-refractivity contribution is -0.116. The Balaban J connectivity index is 1.59. The molecule has 0 spiro atoms. The van der Waals surface area contributed by atoms with Gasteiger partial charge in [-0.05, 0) is 48.9 Å². The van der Waals surface area contributed by atoms with Crippen molar-refractivity contribution in [3.63, 3.8) is 0 Å². The van der Waals surface area contributed by atoms with E-state index < -0.39 is 0 Å². The Hall–Kier alpha value is -2.73. The van der Waals surface area contributed by atoms with Crippen molar-refractivity contribution in [1.29, 1.82) is 0 Å². The van der Waals surface area contributed by atoms with Crippen molar-refractivity contribution in [1.82, 2.24) is 10.2 Å². The van der Waals surface area contributed by atoms with Crippen molar-refractivity contribution < 1.29 is 13.6 Å². The summed E-state index contributed by atoms with van der Waals surface area (Å²) < 4.78 is 18.4. The Kier molecular flexibility index (Phi) is 5.09. The van der Waals surface area contributed by atoms with Crippen LogP contribution in [0.15, 0.2) is 46.9 Å². The van der Waals surface area contributed by atoms with Crippen LogP contribution >= 0.6 is 11.6 Å². The van der Waals surface area contributed by atoms with Crippen molar-refractivity contribution in [2.24, 2.45) is 0 Å². The van der Waals surface area contributed by atoms with Gasteiger partial charge in [0.15, 0.2) is 0 Å². The fourth-order valence-corrected chi connectivity index (χ4v) is 2.41. The molecule has 0 radical (unpaired) electrons. The molecule has 1 amide bonds. The Labute approximate surface area is 148 Å². The van der Waals surface area contributed by atoms with E-state index in [0.29, 0.717) is 34.5 Å². The third kappa shape index (κ3) is 4.22. The Morgan fingerprint density at radius 1 is 1.20 bits per heavy atom. The maximum absolute atomic E-state index is 12.9. The second-order valence-electron chi connectivity index (χ2n) is 5.47. The average Bonchev–Trinajstić information content (AvgIpc) is 3.07. The average molecular weight is 360 g/mol. The highest BCUT2D eigenvalue weighted by Crippen LogP contribution is 2.23. The van der Waals surface area contributed by atoms with Crippen LogP contribution in [0, 0.1) is 12.7 Å². The van der Waals surface area contributed by atoms with E-state index in [1.54, 1.807) is 30.3 Å². The fourth-order valence-electron chi connectivity index (χ4n) is 2.24. The second kappa shape index (κ2) is 7.44. The number of carbonyl (C=O) groups excluding carboxylic acids is 1. The van der Waals surface area contributed by atoms with Crippen molar-refractivity contribution in [2.75, 3.05) is 5.32 Å². The molecule has 5 nitrogen and oxygen atoms in total. The summed E-state index contributed by atoms with van der Waals surface area (Å²) in [4.78, 5) is 12.1. The van der Waals surface area contributed by atoms with Gasteiger partial charge in [-0.25, -0.2) is 4.39 Å². The van der Waals surface area contributed by atoms with Crippen LogP contribution in [0.25, 0.3) is 11.5 Å². The van der Waals surface area contributed by atoms with Gasteiger partial charge in [-0.3, -0.25) is 4.79 Å². The van der Waals surface area contributed by atoms with Gasteiger partial charge in [-0.15, -0.1) is 10.2 Å². The van der Waals surface area contributed by atoms with Gasteiger partial charge in [0.1, 0.15) is 5.82 Å². The summed E-state index contributed by atoms with van der Waals surface area (Å²) in [6, 6.07) is 11.1. The van der Waals surface area contributed by atoms with Crippen molar-refractivity contribution in [2.45, 2.75) is 19.8 Å². The lowest BCUT2D eigenvalue weighted by atomic mass is 10.2. The van der Waals surface area contributed by atoms with E-state index >= 15 is 0 Å². The van der Waals surface area contributed by atoms with E-state index in [-0.39, 0.29) is 18.1 Å². The number of anilines is 1. The van der Waals surface area contributed by atoms with Crippen molar-refractivity contribution in [3.05, 3.63) is 64.8 Å². The van der Waals surface area contributed by atoms with E-state index in [4.69, 9.17) is 16.0 Å². The van der Waals surface area contributed by atoms with Gasteiger partial charge in [0.2, 0.25) is 17.7 Å². The SMILES string of the molecule is Cc1c(Cl)cccc1NC(=O)CCc1nnc(-c2ccc(F)cc2)o1. The highest BCUT2D eigenvalue weighted by molar-refractivity contribution is 6.31. The number of nitrogens with zero attached hydrogens (tertiary/aromatic N) is 2. The fraction of sp³-hybridized carbons (Fsp3) is 0.167. The minimum Gasteiger partial charge on any atom is -0.421 e. The minimum absolute atomic E-state index is 0.174. The second-order valence-corrected chi connectivity index (χ2v) is 5.88.